The number of rotatable bonds is 7. The van der Waals surface area contributed by atoms with E-state index >= 15 is 0 Å². The molecule has 3 aliphatic rings. The average molecular weight is 489 g/mol. The zero-order valence-corrected chi connectivity index (χ0v) is 21.4. The van der Waals surface area contributed by atoms with Gasteiger partial charge in [0.05, 0.1) is 6.54 Å². The monoisotopic (exact) mass is 488 g/mol. The summed E-state index contributed by atoms with van der Waals surface area (Å²) in [6, 6.07) is 20.9. The van der Waals surface area contributed by atoms with Crippen LogP contribution in [0.2, 0.25) is 0 Å². The van der Waals surface area contributed by atoms with Gasteiger partial charge in [-0.2, -0.15) is 0 Å². The molecule has 3 heterocycles. The highest BCUT2D eigenvalue weighted by Gasteiger charge is 2.36. The Morgan fingerprint density at radius 3 is 2.25 bits per heavy atom. The van der Waals surface area contributed by atoms with Gasteiger partial charge in [0.15, 0.2) is 0 Å². The van der Waals surface area contributed by atoms with Crippen LogP contribution >= 0.6 is 0 Å². The minimum absolute atomic E-state index is 0.0216. The molecule has 2 aromatic carbocycles. The Hall–Kier alpha value is -2.70. The molecular weight excluding hydrogens is 448 g/mol. The van der Waals surface area contributed by atoms with Crippen LogP contribution in [-0.4, -0.2) is 71.8 Å². The number of para-hydroxylation sites is 1. The Balaban J connectivity index is 1.09. The molecule has 6 heteroatoms. The Kier molecular flexibility index (Phi) is 8.34. The minimum Gasteiger partial charge on any atom is -0.342 e. The van der Waals surface area contributed by atoms with Crippen molar-refractivity contribution < 1.29 is 9.59 Å². The number of carbonyl (C=O) groups is 2. The number of nitrogens with zero attached hydrogens (tertiary/aromatic N) is 3. The van der Waals surface area contributed by atoms with E-state index in [1.54, 1.807) is 0 Å². The molecule has 6 nitrogen and oxygen atoms in total. The van der Waals surface area contributed by atoms with Crippen molar-refractivity contribution in [2.75, 3.05) is 44.6 Å². The molecule has 0 saturated carbocycles. The smallest absolute Gasteiger partial charge is 0.236 e. The summed E-state index contributed by atoms with van der Waals surface area (Å²) in [7, 11) is 0. The second-order valence-corrected chi connectivity index (χ2v) is 10.8. The predicted octanol–water partition coefficient (Wildman–Crippen LogP) is 4.24. The van der Waals surface area contributed by atoms with Crippen LogP contribution < -0.4 is 5.32 Å². The molecule has 0 radical (unpaired) electrons. The van der Waals surface area contributed by atoms with E-state index in [2.05, 4.69) is 45.4 Å². The molecule has 3 aliphatic heterocycles. The van der Waals surface area contributed by atoms with E-state index < -0.39 is 0 Å². The van der Waals surface area contributed by atoms with Crippen LogP contribution in [0.3, 0.4) is 0 Å². The number of anilines is 1. The van der Waals surface area contributed by atoms with Gasteiger partial charge in [0.2, 0.25) is 11.8 Å². The van der Waals surface area contributed by atoms with Crippen molar-refractivity contribution in [1.29, 1.82) is 0 Å². The largest absolute Gasteiger partial charge is 0.342 e. The fraction of sp³-hybridized carbons (Fsp3) is 0.533. The second kappa shape index (κ2) is 12.0. The summed E-state index contributed by atoms with van der Waals surface area (Å²) in [4.78, 5) is 32.9. The van der Waals surface area contributed by atoms with Gasteiger partial charge in [-0.25, -0.2) is 0 Å². The fourth-order valence-corrected chi connectivity index (χ4v) is 6.40. The highest BCUT2D eigenvalue weighted by atomic mass is 16.2. The molecule has 0 spiro atoms. The summed E-state index contributed by atoms with van der Waals surface area (Å²) in [6.45, 7) is 6.24. The third-order valence-electron chi connectivity index (χ3n) is 8.35. The third-order valence-corrected chi connectivity index (χ3v) is 8.35. The lowest BCUT2D eigenvalue weighted by molar-refractivity contribution is -0.136. The molecule has 2 aromatic rings. The lowest BCUT2D eigenvalue weighted by Crippen LogP contribution is -2.49. The van der Waals surface area contributed by atoms with Crippen molar-refractivity contribution in [3.8, 4) is 0 Å². The van der Waals surface area contributed by atoms with Crippen LogP contribution in [0.4, 0.5) is 5.69 Å². The van der Waals surface area contributed by atoms with Gasteiger partial charge in [-0.3, -0.25) is 19.4 Å². The number of hydrogen-bond acceptors (Lipinski definition) is 4. The maximum Gasteiger partial charge on any atom is 0.236 e. The van der Waals surface area contributed by atoms with E-state index in [9.17, 15) is 9.59 Å². The van der Waals surface area contributed by atoms with Crippen LogP contribution in [-0.2, 0) is 16.1 Å². The molecule has 3 saturated heterocycles. The van der Waals surface area contributed by atoms with Crippen LogP contribution in [0.25, 0.3) is 0 Å². The number of amides is 2. The summed E-state index contributed by atoms with van der Waals surface area (Å²) < 4.78 is 0. The highest BCUT2D eigenvalue weighted by Crippen LogP contribution is 2.31. The van der Waals surface area contributed by atoms with E-state index in [4.69, 9.17) is 0 Å². The van der Waals surface area contributed by atoms with Crippen LogP contribution in [0.5, 0.6) is 0 Å². The fourth-order valence-electron chi connectivity index (χ4n) is 6.40. The first kappa shape index (κ1) is 25.0. The number of nitrogens with one attached hydrogen (secondary N) is 1. The van der Waals surface area contributed by atoms with E-state index in [1.807, 2.05) is 35.2 Å². The Morgan fingerprint density at radius 1 is 0.806 bits per heavy atom. The Bertz CT molecular complexity index is 991. The molecule has 0 aromatic heterocycles. The summed E-state index contributed by atoms with van der Waals surface area (Å²) in [5.41, 5.74) is 2.23. The Morgan fingerprint density at radius 2 is 1.50 bits per heavy atom. The lowest BCUT2D eigenvalue weighted by atomic mass is 9.89. The van der Waals surface area contributed by atoms with Gasteiger partial charge in [0.1, 0.15) is 0 Å². The molecule has 0 bridgehead atoms. The average Bonchev–Trinajstić information content (AvgIpc) is 3.38. The first-order valence-corrected chi connectivity index (χ1v) is 13.8. The first-order chi connectivity index (χ1) is 17.7. The van der Waals surface area contributed by atoms with Crippen LogP contribution in [0.15, 0.2) is 60.7 Å². The van der Waals surface area contributed by atoms with Gasteiger partial charge in [-0.1, -0.05) is 48.5 Å². The molecule has 5 rings (SSSR count). The highest BCUT2D eigenvalue weighted by molar-refractivity contribution is 5.92. The molecule has 2 amide bonds. The molecule has 36 heavy (non-hydrogen) atoms. The quantitative estimate of drug-likeness (QED) is 0.633. The number of carbonyl (C=O) groups excluding carboxylic acids is 2. The maximum absolute atomic E-state index is 13.2. The van der Waals surface area contributed by atoms with Gasteiger partial charge in [-0.05, 0) is 75.2 Å². The summed E-state index contributed by atoms with van der Waals surface area (Å²) >= 11 is 0. The maximum atomic E-state index is 13.2. The molecule has 1 N–H and O–H groups in total. The Labute approximate surface area is 215 Å². The summed E-state index contributed by atoms with van der Waals surface area (Å²) in [6.07, 6.45) is 6.39. The van der Waals surface area contributed by atoms with Gasteiger partial charge in [0, 0.05) is 43.8 Å². The zero-order valence-electron chi connectivity index (χ0n) is 21.4. The standard InChI is InChI=1S/C30H40N4O2/c35-29(33-19-15-25(16-20-33)30(36)31-27-12-5-2-6-13-27)23-34-18-8-14-28(34)26-11-7-17-32(22-26)21-24-9-3-1-4-10-24/h1-6,9-10,12-13,25-26,28H,7-8,11,14-23H2,(H,31,36)/t26-,28-/m1/s1. The number of piperidine rings is 2. The zero-order chi connectivity index (χ0) is 24.7. The molecule has 192 valence electrons. The van der Waals surface area contributed by atoms with E-state index in [0.717, 1.165) is 38.2 Å². The van der Waals surface area contributed by atoms with E-state index in [0.29, 0.717) is 31.6 Å². The van der Waals surface area contributed by atoms with Gasteiger partial charge < -0.3 is 10.2 Å². The minimum atomic E-state index is -0.0216. The van der Waals surface area contributed by atoms with Gasteiger partial charge in [0.25, 0.3) is 0 Å². The summed E-state index contributed by atoms with van der Waals surface area (Å²) in [5.74, 6) is 0.933. The second-order valence-electron chi connectivity index (χ2n) is 10.8. The number of likely N-dealkylation sites (tertiary alicyclic amines) is 3. The van der Waals surface area contributed by atoms with Crippen molar-refractivity contribution >= 4 is 17.5 Å². The van der Waals surface area contributed by atoms with Crippen molar-refractivity contribution in [2.45, 2.75) is 51.1 Å². The number of benzene rings is 2. The topological polar surface area (TPSA) is 55.9 Å². The van der Waals surface area contributed by atoms with Crippen molar-refractivity contribution in [1.82, 2.24) is 14.7 Å². The lowest BCUT2D eigenvalue weighted by Gasteiger charge is -2.39. The third kappa shape index (κ3) is 6.34. The SMILES string of the molecule is O=C(Nc1ccccc1)C1CCN(C(=O)CN2CCC[C@@H]2[C@@H]2CCCN(Cc3ccccc3)C2)CC1. The van der Waals surface area contributed by atoms with Crippen molar-refractivity contribution in [3.05, 3.63) is 66.2 Å². The first-order valence-electron chi connectivity index (χ1n) is 13.8. The van der Waals surface area contributed by atoms with Crippen LogP contribution in [0.1, 0.15) is 44.1 Å². The molecule has 0 aliphatic carbocycles. The molecule has 2 atom stereocenters. The predicted molar refractivity (Wildman–Crippen MR) is 143 cm³/mol. The summed E-state index contributed by atoms with van der Waals surface area (Å²) in [5, 5.41) is 3.02. The van der Waals surface area contributed by atoms with Crippen molar-refractivity contribution in [2.24, 2.45) is 11.8 Å². The normalized spacial score (nSPS) is 24.1. The van der Waals surface area contributed by atoms with Gasteiger partial charge >= 0.3 is 0 Å². The molecule has 0 unspecified atom stereocenters. The van der Waals surface area contributed by atoms with Crippen LogP contribution in [0, 0.1) is 11.8 Å². The van der Waals surface area contributed by atoms with Gasteiger partial charge in [-0.15, -0.1) is 0 Å². The van der Waals surface area contributed by atoms with E-state index in [1.165, 1.54) is 37.8 Å². The van der Waals surface area contributed by atoms with Crippen molar-refractivity contribution in [3.63, 3.8) is 0 Å². The molecule has 3 fully saturated rings. The molecular formula is C30H40N4O2. The number of hydrogen-bond donors (Lipinski definition) is 1. The van der Waals surface area contributed by atoms with E-state index in [-0.39, 0.29) is 17.7 Å².